The lowest BCUT2D eigenvalue weighted by molar-refractivity contribution is -0.142. The number of rotatable bonds is 4. The summed E-state index contributed by atoms with van der Waals surface area (Å²) in [6, 6.07) is 7.52. The number of halogens is 3. The van der Waals surface area contributed by atoms with E-state index in [1.807, 2.05) is 38.1 Å². The van der Waals surface area contributed by atoms with Crippen LogP contribution in [0.3, 0.4) is 0 Å². The van der Waals surface area contributed by atoms with Gasteiger partial charge in [-0.3, -0.25) is 9.48 Å². The predicted molar refractivity (Wildman–Crippen MR) is 87.2 cm³/mol. The zero-order chi connectivity index (χ0) is 18.2. The van der Waals surface area contributed by atoms with Crippen molar-refractivity contribution in [3.05, 3.63) is 53.5 Å². The van der Waals surface area contributed by atoms with Gasteiger partial charge < -0.3 is 10.3 Å². The van der Waals surface area contributed by atoms with Crippen molar-refractivity contribution in [2.75, 3.05) is 0 Å². The average molecular weight is 350 g/mol. The number of carbonyl (C=O) groups is 1. The van der Waals surface area contributed by atoms with E-state index in [9.17, 15) is 18.0 Å². The summed E-state index contributed by atoms with van der Waals surface area (Å²) in [6.07, 6.45) is -2.15. The maximum Gasteiger partial charge on any atom is 0.408 e. The van der Waals surface area contributed by atoms with Crippen molar-refractivity contribution in [1.29, 1.82) is 0 Å². The molecule has 2 N–H and O–H groups in total. The zero-order valence-electron chi connectivity index (χ0n) is 13.7. The van der Waals surface area contributed by atoms with Crippen LogP contribution in [0.1, 0.15) is 34.6 Å². The number of carbonyl (C=O) groups excluding carboxylic acids is 1. The number of hydrogen-bond acceptors (Lipinski definition) is 2. The Morgan fingerprint density at radius 1 is 1.36 bits per heavy atom. The molecule has 2 aromatic heterocycles. The van der Waals surface area contributed by atoms with Crippen LogP contribution in [0.25, 0.3) is 10.9 Å². The summed E-state index contributed by atoms with van der Waals surface area (Å²) in [7, 11) is 0. The molecule has 0 saturated heterocycles. The van der Waals surface area contributed by atoms with Gasteiger partial charge in [0.1, 0.15) is 6.54 Å². The maximum atomic E-state index is 12.3. The van der Waals surface area contributed by atoms with Crippen LogP contribution in [-0.4, -0.2) is 26.8 Å². The molecule has 8 heteroatoms. The van der Waals surface area contributed by atoms with Crippen LogP contribution < -0.4 is 5.32 Å². The molecule has 5 nitrogen and oxygen atoms in total. The molecule has 1 unspecified atom stereocenters. The smallest absolute Gasteiger partial charge is 0.359 e. The minimum Gasteiger partial charge on any atom is -0.359 e. The highest BCUT2D eigenvalue weighted by Crippen LogP contribution is 2.21. The Morgan fingerprint density at radius 2 is 2.12 bits per heavy atom. The van der Waals surface area contributed by atoms with Gasteiger partial charge in [0.25, 0.3) is 5.91 Å². The van der Waals surface area contributed by atoms with Gasteiger partial charge in [0.15, 0.2) is 0 Å². The van der Waals surface area contributed by atoms with Crippen LogP contribution in [0.15, 0.2) is 36.7 Å². The van der Waals surface area contributed by atoms with Crippen molar-refractivity contribution >= 4 is 16.8 Å². The number of fused-ring (bicyclic) bond motifs is 1. The van der Waals surface area contributed by atoms with Crippen molar-refractivity contribution in [3.63, 3.8) is 0 Å². The van der Waals surface area contributed by atoms with E-state index < -0.39 is 18.6 Å². The van der Waals surface area contributed by atoms with E-state index in [4.69, 9.17) is 0 Å². The van der Waals surface area contributed by atoms with E-state index in [-0.39, 0.29) is 11.6 Å². The first-order chi connectivity index (χ1) is 11.7. The summed E-state index contributed by atoms with van der Waals surface area (Å²) in [6.45, 7) is 2.56. The number of hydrogen-bond donors (Lipinski definition) is 2. The van der Waals surface area contributed by atoms with Gasteiger partial charge in [0.05, 0.1) is 17.8 Å². The number of benzene rings is 1. The summed E-state index contributed by atoms with van der Waals surface area (Å²) in [5, 5.41) is 7.39. The second-order valence-corrected chi connectivity index (χ2v) is 6.04. The summed E-state index contributed by atoms with van der Waals surface area (Å²) in [4.78, 5) is 15.4. The molecule has 0 fully saturated rings. The highest BCUT2D eigenvalue weighted by atomic mass is 19.4. The van der Waals surface area contributed by atoms with Gasteiger partial charge >= 0.3 is 6.18 Å². The topological polar surface area (TPSA) is 62.7 Å². The van der Waals surface area contributed by atoms with E-state index >= 15 is 0 Å². The van der Waals surface area contributed by atoms with E-state index in [1.165, 1.54) is 0 Å². The molecular weight excluding hydrogens is 333 g/mol. The summed E-state index contributed by atoms with van der Waals surface area (Å²) in [5.74, 6) is -0.466. The molecule has 0 aliphatic carbocycles. The Morgan fingerprint density at radius 3 is 2.84 bits per heavy atom. The van der Waals surface area contributed by atoms with Gasteiger partial charge in [0.2, 0.25) is 0 Å². The summed E-state index contributed by atoms with van der Waals surface area (Å²) in [5.41, 5.74) is 3.05. The van der Waals surface area contributed by atoms with Gasteiger partial charge in [-0.15, -0.1) is 0 Å². The minimum absolute atomic E-state index is 0.0923. The number of amides is 1. The van der Waals surface area contributed by atoms with Crippen LogP contribution in [0, 0.1) is 6.92 Å². The highest BCUT2D eigenvalue weighted by molar-refractivity contribution is 5.94. The highest BCUT2D eigenvalue weighted by Gasteiger charge is 2.28. The van der Waals surface area contributed by atoms with Crippen LogP contribution in [0.5, 0.6) is 0 Å². The molecule has 3 rings (SSSR count). The van der Waals surface area contributed by atoms with Gasteiger partial charge in [-0.1, -0.05) is 6.07 Å². The van der Waals surface area contributed by atoms with Gasteiger partial charge in [-0.05, 0) is 43.0 Å². The molecule has 1 aromatic carbocycles. The molecule has 0 aliphatic heterocycles. The van der Waals surface area contributed by atoms with Crippen molar-refractivity contribution in [1.82, 2.24) is 20.1 Å². The van der Waals surface area contributed by atoms with E-state index in [1.54, 1.807) is 0 Å². The van der Waals surface area contributed by atoms with E-state index in [0.717, 1.165) is 34.6 Å². The number of alkyl halides is 3. The molecule has 1 atom stereocenters. The lowest BCUT2D eigenvalue weighted by Gasteiger charge is -2.14. The molecule has 132 valence electrons. The molecule has 0 spiro atoms. The molecular formula is C17H17F3N4O. The SMILES string of the molecule is Cc1cc2cc(C(C)NC(=O)c3cnn(CC(F)(F)F)c3)ccc2[nH]1. The Balaban J connectivity index is 1.71. The van der Waals surface area contributed by atoms with Crippen LogP contribution in [0.4, 0.5) is 13.2 Å². The van der Waals surface area contributed by atoms with Crippen molar-refractivity contribution < 1.29 is 18.0 Å². The molecule has 2 heterocycles. The molecule has 25 heavy (non-hydrogen) atoms. The van der Waals surface area contributed by atoms with E-state index in [2.05, 4.69) is 15.4 Å². The minimum atomic E-state index is -4.38. The van der Waals surface area contributed by atoms with Crippen molar-refractivity contribution in [3.8, 4) is 0 Å². The second-order valence-electron chi connectivity index (χ2n) is 6.04. The first kappa shape index (κ1) is 17.1. The quantitative estimate of drug-likeness (QED) is 0.753. The summed E-state index contributed by atoms with van der Waals surface area (Å²) < 4.78 is 37.7. The third-order valence-electron chi connectivity index (χ3n) is 3.86. The molecule has 0 radical (unpaired) electrons. The number of aromatic amines is 1. The predicted octanol–water partition coefficient (Wildman–Crippen LogP) is 3.73. The van der Waals surface area contributed by atoms with Gasteiger partial charge in [-0.2, -0.15) is 18.3 Å². The fourth-order valence-corrected chi connectivity index (χ4v) is 2.68. The molecule has 0 aliphatic rings. The number of H-pyrrole nitrogens is 1. The standard InChI is InChI=1S/C17H17F3N4O/c1-10-5-13-6-12(3-4-15(13)22-10)11(2)23-16(25)14-7-21-24(8-14)9-17(18,19)20/h3-8,11,22H,9H2,1-2H3,(H,23,25). The third kappa shape index (κ3) is 4.01. The second kappa shape index (κ2) is 6.27. The molecule has 1 amide bonds. The Bertz CT molecular complexity index is 910. The first-order valence-electron chi connectivity index (χ1n) is 7.70. The lowest BCUT2D eigenvalue weighted by Crippen LogP contribution is -2.26. The number of aryl methyl sites for hydroxylation is 1. The number of nitrogens with one attached hydrogen (secondary N) is 2. The zero-order valence-corrected chi connectivity index (χ0v) is 13.7. The Hall–Kier alpha value is -2.77. The monoisotopic (exact) mass is 350 g/mol. The average Bonchev–Trinajstić information content (AvgIpc) is 3.09. The van der Waals surface area contributed by atoms with E-state index in [0.29, 0.717) is 4.68 Å². The van der Waals surface area contributed by atoms with Gasteiger partial charge in [0, 0.05) is 17.4 Å². The molecule has 3 aromatic rings. The van der Waals surface area contributed by atoms with Crippen LogP contribution in [0.2, 0.25) is 0 Å². The fourth-order valence-electron chi connectivity index (χ4n) is 2.68. The molecule has 0 bridgehead atoms. The van der Waals surface area contributed by atoms with Crippen LogP contribution >= 0.6 is 0 Å². The lowest BCUT2D eigenvalue weighted by atomic mass is 10.1. The third-order valence-corrected chi connectivity index (χ3v) is 3.86. The van der Waals surface area contributed by atoms with Crippen molar-refractivity contribution in [2.24, 2.45) is 0 Å². The number of nitrogens with zero attached hydrogens (tertiary/aromatic N) is 2. The fraction of sp³-hybridized carbons (Fsp3) is 0.294. The Kier molecular flexibility index (Phi) is 4.28. The van der Waals surface area contributed by atoms with Crippen LogP contribution in [-0.2, 0) is 6.54 Å². The number of aromatic nitrogens is 3. The first-order valence-corrected chi connectivity index (χ1v) is 7.70. The molecule has 0 saturated carbocycles. The van der Waals surface area contributed by atoms with Gasteiger partial charge in [-0.25, -0.2) is 0 Å². The Labute approximate surface area is 141 Å². The normalized spacial score (nSPS) is 13.2. The maximum absolute atomic E-state index is 12.3. The summed E-state index contributed by atoms with van der Waals surface area (Å²) >= 11 is 0. The largest absolute Gasteiger partial charge is 0.408 e. The van der Waals surface area contributed by atoms with Crippen molar-refractivity contribution in [2.45, 2.75) is 32.6 Å².